The second-order valence-corrected chi connectivity index (χ2v) is 5.42. The van der Waals surface area contributed by atoms with Crippen molar-refractivity contribution in [3.8, 4) is 0 Å². The maximum atomic E-state index is 10.1. The summed E-state index contributed by atoms with van der Waals surface area (Å²) in [6.45, 7) is 5.36. The van der Waals surface area contributed by atoms with Crippen LogP contribution >= 0.6 is 0 Å². The third-order valence-corrected chi connectivity index (χ3v) is 3.38. The van der Waals surface area contributed by atoms with Crippen molar-refractivity contribution in [2.24, 2.45) is 0 Å². The number of benzene rings is 1. The van der Waals surface area contributed by atoms with Crippen molar-refractivity contribution in [2.75, 3.05) is 25.1 Å². The first-order valence-electron chi connectivity index (χ1n) is 7.13. The van der Waals surface area contributed by atoms with Crippen molar-refractivity contribution in [3.05, 3.63) is 53.5 Å². The number of hydrogen-bond donors (Lipinski definition) is 1. The number of likely N-dealkylation sites (N-methyl/N-ethyl adjacent to an activating group) is 1. The first kappa shape index (κ1) is 15.6. The normalized spacial score (nSPS) is 12.4. The molecule has 0 aliphatic rings. The number of aliphatic hydroxyl groups excluding tert-OH is 1. The Morgan fingerprint density at radius 3 is 2.76 bits per heavy atom. The summed E-state index contributed by atoms with van der Waals surface area (Å²) in [6, 6.07) is 9.99. The fraction of sp³-hybridized carbons (Fsp3) is 0.412. The topological polar surface area (TPSA) is 45.8 Å². The molecule has 0 fully saturated rings. The molecule has 21 heavy (non-hydrogen) atoms. The SMILES string of the molecule is Cc1ccc(N(C)CC(O)COCc2ccco2)c(C)c1. The number of hydrogen-bond acceptors (Lipinski definition) is 4. The van der Waals surface area contributed by atoms with Crippen LogP contribution in [0.15, 0.2) is 41.0 Å². The van der Waals surface area contributed by atoms with E-state index in [1.54, 1.807) is 6.26 Å². The monoisotopic (exact) mass is 289 g/mol. The molecule has 1 aromatic heterocycles. The Balaban J connectivity index is 1.79. The molecule has 1 heterocycles. The Labute approximate surface area is 126 Å². The Kier molecular flexibility index (Phi) is 5.42. The Bertz CT molecular complexity index is 551. The van der Waals surface area contributed by atoms with E-state index >= 15 is 0 Å². The lowest BCUT2D eigenvalue weighted by molar-refractivity contribution is 0.0260. The molecule has 1 N–H and O–H groups in total. The predicted octanol–water partition coefficient (Wildman–Crippen LogP) is 2.91. The average molecular weight is 289 g/mol. The highest BCUT2D eigenvalue weighted by atomic mass is 16.5. The Morgan fingerprint density at radius 1 is 1.29 bits per heavy atom. The molecule has 0 radical (unpaired) electrons. The number of anilines is 1. The number of nitrogens with zero attached hydrogens (tertiary/aromatic N) is 1. The Morgan fingerprint density at radius 2 is 2.10 bits per heavy atom. The van der Waals surface area contributed by atoms with Crippen LogP contribution in [0.3, 0.4) is 0 Å². The van der Waals surface area contributed by atoms with Crippen LogP contribution in [-0.4, -0.2) is 31.4 Å². The van der Waals surface area contributed by atoms with Gasteiger partial charge in [0.25, 0.3) is 0 Å². The summed E-state index contributed by atoms with van der Waals surface area (Å²) in [7, 11) is 1.98. The van der Waals surface area contributed by atoms with Gasteiger partial charge in [0.15, 0.2) is 0 Å². The fourth-order valence-corrected chi connectivity index (χ4v) is 2.39. The third-order valence-electron chi connectivity index (χ3n) is 3.38. The average Bonchev–Trinajstić information content (AvgIpc) is 2.91. The van der Waals surface area contributed by atoms with Crippen molar-refractivity contribution < 1.29 is 14.3 Å². The van der Waals surface area contributed by atoms with Gasteiger partial charge in [0.1, 0.15) is 12.4 Å². The largest absolute Gasteiger partial charge is 0.467 e. The van der Waals surface area contributed by atoms with E-state index in [1.165, 1.54) is 11.1 Å². The van der Waals surface area contributed by atoms with Crippen LogP contribution in [0.25, 0.3) is 0 Å². The van der Waals surface area contributed by atoms with E-state index in [9.17, 15) is 5.11 Å². The van der Waals surface area contributed by atoms with Gasteiger partial charge in [0.2, 0.25) is 0 Å². The maximum Gasteiger partial charge on any atom is 0.129 e. The second kappa shape index (κ2) is 7.29. The molecule has 0 bridgehead atoms. The molecule has 1 aromatic carbocycles. The minimum atomic E-state index is -0.536. The van der Waals surface area contributed by atoms with Crippen molar-refractivity contribution in [2.45, 2.75) is 26.6 Å². The van der Waals surface area contributed by atoms with Gasteiger partial charge in [-0.3, -0.25) is 0 Å². The smallest absolute Gasteiger partial charge is 0.129 e. The number of aryl methyl sites for hydroxylation is 2. The zero-order chi connectivity index (χ0) is 15.2. The molecule has 2 rings (SSSR count). The van der Waals surface area contributed by atoms with Gasteiger partial charge in [0, 0.05) is 19.3 Å². The summed E-state index contributed by atoms with van der Waals surface area (Å²) in [6.07, 6.45) is 1.08. The molecule has 0 aliphatic carbocycles. The first-order valence-corrected chi connectivity index (χ1v) is 7.13. The van der Waals surface area contributed by atoms with Crippen LogP contribution in [-0.2, 0) is 11.3 Å². The molecule has 4 heteroatoms. The van der Waals surface area contributed by atoms with Gasteiger partial charge in [0.05, 0.1) is 19.0 Å². The van der Waals surface area contributed by atoms with Crippen LogP contribution in [0.4, 0.5) is 5.69 Å². The summed E-state index contributed by atoms with van der Waals surface area (Å²) in [5.74, 6) is 0.768. The lowest BCUT2D eigenvalue weighted by Crippen LogP contribution is -2.32. The molecule has 1 unspecified atom stereocenters. The highest BCUT2D eigenvalue weighted by molar-refractivity contribution is 5.53. The molecule has 0 spiro atoms. The number of aliphatic hydroxyl groups is 1. The van der Waals surface area contributed by atoms with E-state index in [4.69, 9.17) is 9.15 Å². The van der Waals surface area contributed by atoms with Crippen LogP contribution in [0.2, 0.25) is 0 Å². The summed E-state index contributed by atoms with van der Waals surface area (Å²) >= 11 is 0. The molecule has 2 aromatic rings. The molecule has 114 valence electrons. The minimum Gasteiger partial charge on any atom is -0.467 e. The Hall–Kier alpha value is -1.78. The lowest BCUT2D eigenvalue weighted by atomic mass is 10.1. The summed E-state index contributed by atoms with van der Waals surface area (Å²) in [4.78, 5) is 2.05. The van der Waals surface area contributed by atoms with E-state index in [-0.39, 0.29) is 6.61 Å². The van der Waals surface area contributed by atoms with Gasteiger partial charge in [-0.2, -0.15) is 0 Å². The number of rotatable bonds is 7. The van der Waals surface area contributed by atoms with Gasteiger partial charge in [-0.15, -0.1) is 0 Å². The zero-order valence-electron chi connectivity index (χ0n) is 12.9. The summed E-state index contributed by atoms with van der Waals surface area (Å²) in [5, 5.41) is 10.1. The van der Waals surface area contributed by atoms with Crippen molar-refractivity contribution >= 4 is 5.69 Å². The standard InChI is InChI=1S/C17H23NO3/c1-13-6-7-17(14(2)9-13)18(3)10-15(19)11-20-12-16-5-4-8-21-16/h4-9,15,19H,10-12H2,1-3H3. The molecular formula is C17H23NO3. The van der Waals surface area contributed by atoms with Gasteiger partial charge in [-0.05, 0) is 37.6 Å². The fourth-order valence-electron chi connectivity index (χ4n) is 2.39. The van der Waals surface area contributed by atoms with E-state index in [0.717, 1.165) is 11.4 Å². The summed E-state index contributed by atoms with van der Waals surface area (Å²) in [5.41, 5.74) is 3.58. The molecule has 4 nitrogen and oxygen atoms in total. The lowest BCUT2D eigenvalue weighted by Gasteiger charge is -2.24. The molecule has 0 amide bonds. The van der Waals surface area contributed by atoms with Gasteiger partial charge >= 0.3 is 0 Å². The van der Waals surface area contributed by atoms with Crippen LogP contribution in [0, 0.1) is 13.8 Å². The van der Waals surface area contributed by atoms with E-state index in [2.05, 4.69) is 36.9 Å². The highest BCUT2D eigenvalue weighted by Gasteiger charge is 2.11. The van der Waals surface area contributed by atoms with Crippen molar-refractivity contribution in [1.29, 1.82) is 0 Å². The van der Waals surface area contributed by atoms with Gasteiger partial charge in [-0.1, -0.05) is 17.7 Å². The number of furan rings is 1. The molecule has 0 aliphatic heterocycles. The molecule has 0 saturated heterocycles. The quantitative estimate of drug-likeness (QED) is 0.851. The van der Waals surface area contributed by atoms with Crippen LogP contribution < -0.4 is 4.90 Å². The minimum absolute atomic E-state index is 0.288. The number of ether oxygens (including phenoxy) is 1. The molecule has 1 atom stereocenters. The highest BCUT2D eigenvalue weighted by Crippen LogP contribution is 2.20. The first-order chi connectivity index (χ1) is 10.1. The predicted molar refractivity (Wildman–Crippen MR) is 83.6 cm³/mol. The van der Waals surface area contributed by atoms with E-state index < -0.39 is 6.10 Å². The van der Waals surface area contributed by atoms with E-state index in [1.807, 2.05) is 19.2 Å². The van der Waals surface area contributed by atoms with Crippen LogP contribution in [0.5, 0.6) is 0 Å². The molecular weight excluding hydrogens is 266 g/mol. The summed E-state index contributed by atoms with van der Waals surface area (Å²) < 4.78 is 10.6. The zero-order valence-corrected chi connectivity index (χ0v) is 12.9. The maximum absolute atomic E-state index is 10.1. The second-order valence-electron chi connectivity index (χ2n) is 5.42. The third kappa shape index (κ3) is 4.62. The molecule has 0 saturated carbocycles. The van der Waals surface area contributed by atoms with Crippen molar-refractivity contribution in [1.82, 2.24) is 0 Å². The van der Waals surface area contributed by atoms with E-state index in [0.29, 0.717) is 13.2 Å². The van der Waals surface area contributed by atoms with Gasteiger partial charge in [-0.25, -0.2) is 0 Å². The van der Waals surface area contributed by atoms with Crippen LogP contribution in [0.1, 0.15) is 16.9 Å². The van der Waals surface area contributed by atoms with Crippen molar-refractivity contribution in [3.63, 3.8) is 0 Å². The van der Waals surface area contributed by atoms with Gasteiger partial charge < -0.3 is 19.2 Å².